The van der Waals surface area contributed by atoms with E-state index in [1.807, 2.05) is 6.92 Å². The van der Waals surface area contributed by atoms with E-state index >= 15 is 0 Å². The molecule has 0 atom stereocenters. The molecule has 0 aliphatic heterocycles. The van der Waals surface area contributed by atoms with Crippen molar-refractivity contribution in [2.24, 2.45) is 5.73 Å². The van der Waals surface area contributed by atoms with Crippen LogP contribution in [0.15, 0.2) is 12.1 Å². The molecule has 5 N–H and O–H groups in total. The molecule has 1 rings (SSSR count). The average molecular weight is 272 g/mol. The third-order valence-corrected chi connectivity index (χ3v) is 2.65. The van der Waals surface area contributed by atoms with Gasteiger partial charge in [0.25, 0.3) is 5.91 Å². The summed E-state index contributed by atoms with van der Waals surface area (Å²) in [4.78, 5) is 11.3. The van der Waals surface area contributed by atoms with Gasteiger partial charge in [0.05, 0.1) is 16.3 Å². The van der Waals surface area contributed by atoms with Crippen molar-refractivity contribution in [1.29, 1.82) is 0 Å². The summed E-state index contributed by atoms with van der Waals surface area (Å²) in [5.74, 6) is -0.559. The van der Waals surface area contributed by atoms with Crippen molar-refractivity contribution in [1.82, 2.24) is 0 Å². The van der Waals surface area contributed by atoms with Crippen LogP contribution < -0.4 is 16.8 Å². The Bertz CT molecular complexity index is 424. The molecule has 1 aromatic rings. The lowest BCUT2D eigenvalue weighted by atomic mass is 10.1. The van der Waals surface area contributed by atoms with Crippen LogP contribution in [0, 0.1) is 0 Å². The zero-order valence-electron chi connectivity index (χ0n) is 10.3. The van der Waals surface area contributed by atoms with Gasteiger partial charge in [-0.25, -0.2) is 0 Å². The second-order valence-corrected chi connectivity index (χ2v) is 4.17. The molecule has 0 aliphatic carbocycles. The van der Waals surface area contributed by atoms with Crippen LogP contribution in [0.2, 0.25) is 5.02 Å². The summed E-state index contributed by atoms with van der Waals surface area (Å²) >= 11 is 6.04. The van der Waals surface area contributed by atoms with E-state index in [4.69, 9.17) is 27.8 Å². The van der Waals surface area contributed by atoms with Crippen LogP contribution in [0.4, 0.5) is 11.4 Å². The number of ether oxygens (including phenoxy) is 1. The molecule has 0 saturated heterocycles. The number of amides is 1. The lowest BCUT2D eigenvalue weighted by Gasteiger charge is -2.13. The van der Waals surface area contributed by atoms with Crippen molar-refractivity contribution in [2.75, 3.05) is 30.8 Å². The standard InChI is InChI=1S/C12H18ClN3O2/c1-2-18-5-3-4-16-11-9(12(15)17)6-8(14)7-10(11)13/h6-7,16H,2-5,14H2,1H3,(H2,15,17). The molecule has 0 saturated carbocycles. The zero-order chi connectivity index (χ0) is 13.5. The van der Waals surface area contributed by atoms with Crippen molar-refractivity contribution in [3.8, 4) is 0 Å². The number of nitrogens with one attached hydrogen (secondary N) is 1. The summed E-state index contributed by atoms with van der Waals surface area (Å²) in [6, 6.07) is 3.10. The Kier molecular flexibility index (Phi) is 5.74. The lowest BCUT2D eigenvalue weighted by Crippen LogP contribution is -2.16. The van der Waals surface area contributed by atoms with Crippen LogP contribution in [-0.4, -0.2) is 25.7 Å². The second kappa shape index (κ2) is 7.08. The van der Waals surface area contributed by atoms with Gasteiger partial charge < -0.3 is 21.5 Å². The Morgan fingerprint density at radius 1 is 1.50 bits per heavy atom. The van der Waals surface area contributed by atoms with Crippen LogP contribution in [0.3, 0.4) is 0 Å². The Morgan fingerprint density at radius 2 is 2.22 bits per heavy atom. The van der Waals surface area contributed by atoms with E-state index in [0.29, 0.717) is 41.7 Å². The summed E-state index contributed by atoms with van der Waals surface area (Å²) in [5, 5.41) is 3.47. The maximum atomic E-state index is 11.3. The minimum atomic E-state index is -0.559. The number of anilines is 2. The highest BCUT2D eigenvalue weighted by atomic mass is 35.5. The normalized spacial score (nSPS) is 10.3. The number of halogens is 1. The first kappa shape index (κ1) is 14.6. The van der Waals surface area contributed by atoms with Crippen molar-refractivity contribution in [2.45, 2.75) is 13.3 Å². The number of carbonyl (C=O) groups is 1. The van der Waals surface area contributed by atoms with E-state index in [0.717, 1.165) is 6.42 Å². The number of hydrogen-bond acceptors (Lipinski definition) is 4. The Labute approximate surface area is 111 Å². The number of benzene rings is 1. The quantitative estimate of drug-likeness (QED) is 0.521. The maximum Gasteiger partial charge on any atom is 0.250 e. The van der Waals surface area contributed by atoms with Gasteiger partial charge in [-0.15, -0.1) is 0 Å². The van der Waals surface area contributed by atoms with E-state index < -0.39 is 5.91 Å². The summed E-state index contributed by atoms with van der Waals surface area (Å²) in [6.07, 6.45) is 0.812. The van der Waals surface area contributed by atoms with Crippen molar-refractivity contribution in [3.63, 3.8) is 0 Å². The fraction of sp³-hybridized carbons (Fsp3) is 0.417. The third-order valence-electron chi connectivity index (χ3n) is 2.35. The minimum Gasteiger partial charge on any atom is -0.399 e. The molecule has 0 spiro atoms. The van der Waals surface area contributed by atoms with Gasteiger partial charge in [-0.2, -0.15) is 0 Å². The number of nitrogens with two attached hydrogens (primary N) is 2. The highest BCUT2D eigenvalue weighted by Crippen LogP contribution is 2.28. The van der Waals surface area contributed by atoms with Gasteiger partial charge in [-0.1, -0.05) is 11.6 Å². The molecule has 1 amide bonds. The van der Waals surface area contributed by atoms with Crippen LogP contribution in [0.5, 0.6) is 0 Å². The van der Waals surface area contributed by atoms with Crippen LogP contribution in [0.25, 0.3) is 0 Å². The van der Waals surface area contributed by atoms with Gasteiger partial charge in [0.15, 0.2) is 0 Å². The fourth-order valence-corrected chi connectivity index (χ4v) is 1.83. The lowest BCUT2D eigenvalue weighted by molar-refractivity contribution is 0.100. The largest absolute Gasteiger partial charge is 0.399 e. The molecule has 0 unspecified atom stereocenters. The van der Waals surface area contributed by atoms with Crippen LogP contribution in [0.1, 0.15) is 23.7 Å². The molecule has 0 fully saturated rings. The number of hydrogen-bond donors (Lipinski definition) is 3. The van der Waals surface area contributed by atoms with Gasteiger partial charge in [-0.05, 0) is 25.5 Å². The SMILES string of the molecule is CCOCCCNc1c(Cl)cc(N)cc1C(N)=O. The van der Waals surface area contributed by atoms with E-state index in [1.54, 1.807) is 6.07 Å². The Balaban J connectivity index is 2.71. The molecular formula is C12H18ClN3O2. The summed E-state index contributed by atoms with van der Waals surface area (Å²) < 4.78 is 5.21. The molecule has 0 aromatic heterocycles. The van der Waals surface area contributed by atoms with E-state index in [-0.39, 0.29) is 0 Å². The first-order valence-electron chi connectivity index (χ1n) is 5.76. The number of nitrogen functional groups attached to an aromatic ring is 1. The van der Waals surface area contributed by atoms with E-state index in [1.165, 1.54) is 6.07 Å². The van der Waals surface area contributed by atoms with Gasteiger partial charge in [0.2, 0.25) is 0 Å². The number of carbonyl (C=O) groups excluding carboxylic acids is 1. The Morgan fingerprint density at radius 3 is 2.83 bits per heavy atom. The van der Waals surface area contributed by atoms with Crippen LogP contribution >= 0.6 is 11.6 Å². The monoisotopic (exact) mass is 271 g/mol. The fourth-order valence-electron chi connectivity index (χ4n) is 1.53. The molecule has 1 aromatic carbocycles. The molecular weight excluding hydrogens is 254 g/mol. The minimum absolute atomic E-state index is 0.302. The summed E-state index contributed by atoms with van der Waals surface area (Å²) in [6.45, 7) is 3.93. The molecule has 18 heavy (non-hydrogen) atoms. The van der Waals surface area contributed by atoms with Crippen molar-refractivity contribution >= 4 is 28.9 Å². The van der Waals surface area contributed by atoms with E-state index in [2.05, 4.69) is 5.32 Å². The summed E-state index contributed by atoms with van der Waals surface area (Å²) in [5.41, 5.74) is 12.1. The second-order valence-electron chi connectivity index (χ2n) is 3.77. The molecule has 0 radical (unpaired) electrons. The third kappa shape index (κ3) is 4.09. The maximum absolute atomic E-state index is 11.3. The van der Waals surface area contributed by atoms with Gasteiger partial charge in [-0.3, -0.25) is 4.79 Å². The first-order valence-corrected chi connectivity index (χ1v) is 6.14. The topological polar surface area (TPSA) is 90.4 Å². The smallest absolute Gasteiger partial charge is 0.250 e. The Hall–Kier alpha value is -1.46. The predicted molar refractivity (Wildman–Crippen MR) is 74.0 cm³/mol. The molecule has 100 valence electrons. The highest BCUT2D eigenvalue weighted by Gasteiger charge is 2.12. The highest BCUT2D eigenvalue weighted by molar-refractivity contribution is 6.34. The molecule has 0 aliphatic rings. The predicted octanol–water partition coefficient (Wildman–Crippen LogP) is 1.86. The van der Waals surface area contributed by atoms with Gasteiger partial charge in [0, 0.05) is 25.4 Å². The summed E-state index contributed by atoms with van der Waals surface area (Å²) in [7, 11) is 0. The molecule has 5 nitrogen and oxygen atoms in total. The van der Waals surface area contributed by atoms with Gasteiger partial charge >= 0.3 is 0 Å². The average Bonchev–Trinajstić information content (AvgIpc) is 2.30. The van der Waals surface area contributed by atoms with Crippen molar-refractivity contribution < 1.29 is 9.53 Å². The zero-order valence-corrected chi connectivity index (χ0v) is 11.1. The van der Waals surface area contributed by atoms with Gasteiger partial charge in [0.1, 0.15) is 0 Å². The van der Waals surface area contributed by atoms with E-state index in [9.17, 15) is 4.79 Å². The molecule has 0 bridgehead atoms. The number of rotatable bonds is 7. The number of primary amides is 1. The van der Waals surface area contributed by atoms with Crippen molar-refractivity contribution in [3.05, 3.63) is 22.7 Å². The molecule has 6 heteroatoms. The van der Waals surface area contributed by atoms with Crippen LogP contribution in [-0.2, 0) is 4.74 Å². The molecule has 0 heterocycles. The first-order chi connectivity index (χ1) is 8.56.